The van der Waals surface area contributed by atoms with Crippen LogP contribution in [0.3, 0.4) is 0 Å². The summed E-state index contributed by atoms with van der Waals surface area (Å²) in [5.74, 6) is 0. The highest BCUT2D eigenvalue weighted by Crippen LogP contribution is 2.21. The average Bonchev–Trinajstić information content (AvgIpc) is 2.72. The molecule has 0 aliphatic heterocycles. The normalized spacial score (nSPS) is 12.6. The molecular formula is C12H15N3. The molecule has 1 heterocycles. The van der Waals surface area contributed by atoms with E-state index in [1.165, 1.54) is 5.56 Å². The second-order valence-electron chi connectivity index (χ2n) is 3.52. The van der Waals surface area contributed by atoms with Crippen LogP contribution in [0.4, 0.5) is 5.69 Å². The smallest absolute Gasteiger partial charge is 0.0727 e. The van der Waals surface area contributed by atoms with Crippen molar-refractivity contribution in [3.63, 3.8) is 0 Å². The van der Waals surface area contributed by atoms with Crippen molar-refractivity contribution < 1.29 is 0 Å². The minimum atomic E-state index is 0.170. The molecule has 1 unspecified atom stereocenters. The van der Waals surface area contributed by atoms with Crippen LogP contribution >= 0.6 is 0 Å². The highest BCUT2D eigenvalue weighted by molar-refractivity contribution is 5.43. The fourth-order valence-electron chi connectivity index (χ4n) is 1.76. The SMILES string of the molecule is CNC(c1cccc(N)c1)c1ccc[nH]1. The third kappa shape index (κ3) is 2.02. The van der Waals surface area contributed by atoms with E-state index in [0.717, 1.165) is 11.4 Å². The van der Waals surface area contributed by atoms with E-state index in [1.807, 2.05) is 37.5 Å². The van der Waals surface area contributed by atoms with Gasteiger partial charge in [-0.15, -0.1) is 0 Å². The van der Waals surface area contributed by atoms with Crippen LogP contribution < -0.4 is 11.1 Å². The van der Waals surface area contributed by atoms with Gasteiger partial charge in [-0.2, -0.15) is 0 Å². The van der Waals surface area contributed by atoms with E-state index in [9.17, 15) is 0 Å². The van der Waals surface area contributed by atoms with Gasteiger partial charge in [-0.1, -0.05) is 12.1 Å². The summed E-state index contributed by atoms with van der Waals surface area (Å²) in [5.41, 5.74) is 8.87. The fraction of sp³-hybridized carbons (Fsp3) is 0.167. The maximum atomic E-state index is 5.77. The Kier molecular flexibility index (Phi) is 2.74. The molecule has 15 heavy (non-hydrogen) atoms. The van der Waals surface area contributed by atoms with Gasteiger partial charge in [-0.25, -0.2) is 0 Å². The van der Waals surface area contributed by atoms with Crippen LogP contribution in [0.1, 0.15) is 17.3 Å². The van der Waals surface area contributed by atoms with Crippen molar-refractivity contribution in [2.24, 2.45) is 0 Å². The molecule has 4 N–H and O–H groups in total. The van der Waals surface area contributed by atoms with E-state index in [2.05, 4.69) is 22.4 Å². The first kappa shape index (κ1) is 9.80. The summed E-state index contributed by atoms with van der Waals surface area (Å²) in [5, 5.41) is 3.26. The number of aromatic nitrogens is 1. The minimum Gasteiger partial charge on any atom is -0.399 e. The van der Waals surface area contributed by atoms with Crippen LogP contribution in [0, 0.1) is 0 Å². The maximum Gasteiger partial charge on any atom is 0.0727 e. The molecule has 2 aromatic rings. The third-order valence-corrected chi connectivity index (χ3v) is 2.47. The van der Waals surface area contributed by atoms with Crippen molar-refractivity contribution in [2.45, 2.75) is 6.04 Å². The molecule has 3 nitrogen and oxygen atoms in total. The van der Waals surface area contributed by atoms with Crippen LogP contribution in [-0.4, -0.2) is 12.0 Å². The van der Waals surface area contributed by atoms with E-state index in [4.69, 9.17) is 5.73 Å². The average molecular weight is 201 g/mol. The summed E-state index contributed by atoms with van der Waals surface area (Å²) < 4.78 is 0. The number of rotatable bonds is 3. The number of nitrogens with two attached hydrogens (primary N) is 1. The lowest BCUT2D eigenvalue weighted by molar-refractivity contribution is 0.675. The maximum absolute atomic E-state index is 5.77. The van der Waals surface area contributed by atoms with Crippen LogP contribution in [0.5, 0.6) is 0 Å². The van der Waals surface area contributed by atoms with Gasteiger partial charge in [0.2, 0.25) is 0 Å². The second-order valence-corrected chi connectivity index (χ2v) is 3.52. The van der Waals surface area contributed by atoms with Gasteiger partial charge in [-0.3, -0.25) is 0 Å². The number of nitrogen functional groups attached to an aromatic ring is 1. The number of hydrogen-bond donors (Lipinski definition) is 3. The molecule has 0 radical (unpaired) electrons. The van der Waals surface area contributed by atoms with Crippen molar-refractivity contribution in [3.8, 4) is 0 Å². The van der Waals surface area contributed by atoms with Gasteiger partial charge < -0.3 is 16.0 Å². The van der Waals surface area contributed by atoms with E-state index in [0.29, 0.717) is 0 Å². The number of benzene rings is 1. The molecule has 0 aliphatic carbocycles. The van der Waals surface area contributed by atoms with Crippen molar-refractivity contribution in [1.29, 1.82) is 0 Å². The number of hydrogen-bond acceptors (Lipinski definition) is 2. The first-order chi connectivity index (χ1) is 7.31. The molecule has 78 valence electrons. The molecule has 0 bridgehead atoms. The van der Waals surface area contributed by atoms with Gasteiger partial charge in [0, 0.05) is 17.6 Å². The van der Waals surface area contributed by atoms with Crippen molar-refractivity contribution in [3.05, 3.63) is 53.9 Å². The van der Waals surface area contributed by atoms with E-state index in [-0.39, 0.29) is 6.04 Å². The molecule has 1 aromatic carbocycles. The number of aromatic amines is 1. The first-order valence-electron chi connectivity index (χ1n) is 4.97. The van der Waals surface area contributed by atoms with Gasteiger partial charge in [0.05, 0.1) is 6.04 Å². The summed E-state index contributed by atoms with van der Waals surface area (Å²) in [6.07, 6.45) is 1.92. The van der Waals surface area contributed by atoms with Crippen molar-refractivity contribution >= 4 is 5.69 Å². The molecule has 1 aromatic heterocycles. The zero-order valence-electron chi connectivity index (χ0n) is 8.70. The van der Waals surface area contributed by atoms with E-state index >= 15 is 0 Å². The van der Waals surface area contributed by atoms with Gasteiger partial charge in [0.1, 0.15) is 0 Å². The largest absolute Gasteiger partial charge is 0.399 e. The molecule has 0 fully saturated rings. The Balaban J connectivity index is 2.35. The molecule has 0 saturated heterocycles. The molecule has 0 aliphatic rings. The Bertz CT molecular complexity index is 420. The lowest BCUT2D eigenvalue weighted by Gasteiger charge is -2.15. The number of H-pyrrole nitrogens is 1. The summed E-state index contributed by atoms with van der Waals surface area (Å²) in [6, 6.07) is 12.1. The Labute approximate surface area is 89.3 Å². The van der Waals surface area contributed by atoms with Gasteiger partial charge in [-0.05, 0) is 36.9 Å². The van der Waals surface area contributed by atoms with Crippen molar-refractivity contribution in [1.82, 2.24) is 10.3 Å². The Morgan fingerprint density at radius 2 is 2.13 bits per heavy atom. The standard InChI is InChI=1S/C12H15N3/c1-14-12(11-6-3-7-15-11)9-4-2-5-10(13)8-9/h2-8,12,14-15H,13H2,1H3. The topological polar surface area (TPSA) is 53.8 Å². The fourth-order valence-corrected chi connectivity index (χ4v) is 1.76. The highest BCUT2D eigenvalue weighted by atomic mass is 14.9. The van der Waals surface area contributed by atoms with Crippen LogP contribution in [-0.2, 0) is 0 Å². The van der Waals surface area contributed by atoms with E-state index in [1.54, 1.807) is 0 Å². The summed E-state index contributed by atoms with van der Waals surface area (Å²) in [6.45, 7) is 0. The number of anilines is 1. The Hall–Kier alpha value is -1.74. The van der Waals surface area contributed by atoms with Crippen molar-refractivity contribution in [2.75, 3.05) is 12.8 Å². The summed E-state index contributed by atoms with van der Waals surface area (Å²) in [7, 11) is 1.94. The molecule has 2 rings (SSSR count). The predicted molar refractivity (Wildman–Crippen MR) is 62.5 cm³/mol. The predicted octanol–water partition coefficient (Wildman–Crippen LogP) is 1.91. The molecular weight excluding hydrogens is 186 g/mol. The Morgan fingerprint density at radius 1 is 1.27 bits per heavy atom. The van der Waals surface area contributed by atoms with E-state index < -0.39 is 0 Å². The van der Waals surface area contributed by atoms with Gasteiger partial charge >= 0.3 is 0 Å². The van der Waals surface area contributed by atoms with Crippen LogP contribution in [0.2, 0.25) is 0 Å². The first-order valence-corrected chi connectivity index (χ1v) is 4.97. The quantitative estimate of drug-likeness (QED) is 0.664. The lowest BCUT2D eigenvalue weighted by Crippen LogP contribution is -2.18. The van der Waals surface area contributed by atoms with Crippen LogP contribution in [0.25, 0.3) is 0 Å². The zero-order chi connectivity index (χ0) is 10.7. The third-order valence-electron chi connectivity index (χ3n) is 2.47. The zero-order valence-corrected chi connectivity index (χ0v) is 8.70. The monoisotopic (exact) mass is 201 g/mol. The van der Waals surface area contributed by atoms with Gasteiger partial charge in [0.15, 0.2) is 0 Å². The molecule has 3 heteroatoms. The lowest BCUT2D eigenvalue weighted by atomic mass is 10.0. The van der Waals surface area contributed by atoms with Crippen LogP contribution in [0.15, 0.2) is 42.6 Å². The minimum absolute atomic E-state index is 0.170. The number of nitrogens with one attached hydrogen (secondary N) is 2. The summed E-state index contributed by atoms with van der Waals surface area (Å²) in [4.78, 5) is 3.20. The molecule has 0 amide bonds. The molecule has 1 atom stereocenters. The highest BCUT2D eigenvalue weighted by Gasteiger charge is 2.11. The molecule has 0 spiro atoms. The summed E-state index contributed by atoms with van der Waals surface area (Å²) >= 11 is 0. The van der Waals surface area contributed by atoms with Gasteiger partial charge in [0.25, 0.3) is 0 Å². The Morgan fingerprint density at radius 3 is 2.73 bits per heavy atom. The second kappa shape index (κ2) is 4.19. The molecule has 0 saturated carbocycles.